The van der Waals surface area contributed by atoms with Crippen LogP contribution in [0.1, 0.15) is 31.2 Å². The van der Waals surface area contributed by atoms with Crippen molar-refractivity contribution in [3.05, 3.63) is 40.0 Å². The third-order valence-corrected chi connectivity index (χ3v) is 8.19. The van der Waals surface area contributed by atoms with E-state index in [0.29, 0.717) is 46.9 Å². The molecular weight excluding hydrogens is 488 g/mol. The van der Waals surface area contributed by atoms with Crippen molar-refractivity contribution in [2.45, 2.75) is 50.0 Å². The monoisotopic (exact) mass is 514 g/mol. The summed E-state index contributed by atoms with van der Waals surface area (Å²) in [5.41, 5.74) is -0.278. The highest BCUT2D eigenvalue weighted by Crippen LogP contribution is 2.39. The van der Waals surface area contributed by atoms with Gasteiger partial charge in [0, 0.05) is 56.2 Å². The van der Waals surface area contributed by atoms with Gasteiger partial charge in [0.05, 0.1) is 10.0 Å². The van der Waals surface area contributed by atoms with Gasteiger partial charge in [-0.2, -0.15) is 18.2 Å². The summed E-state index contributed by atoms with van der Waals surface area (Å²) in [4.78, 5) is 14.9. The fourth-order valence-corrected chi connectivity index (χ4v) is 5.85. The zero-order valence-corrected chi connectivity index (χ0v) is 20.3. The number of alkyl halides is 3. The Morgan fingerprint density at radius 3 is 2.26 bits per heavy atom. The van der Waals surface area contributed by atoms with E-state index in [1.54, 1.807) is 23.1 Å². The lowest BCUT2D eigenvalue weighted by molar-refractivity contribution is -0.137. The Morgan fingerprint density at radius 1 is 0.971 bits per heavy atom. The molecule has 3 fully saturated rings. The van der Waals surface area contributed by atoms with Gasteiger partial charge in [0.2, 0.25) is 5.95 Å². The molecule has 0 spiro atoms. The molecule has 3 aliphatic rings. The number of fused-ring (bicyclic) bond motifs is 2. The van der Waals surface area contributed by atoms with E-state index in [0.717, 1.165) is 32.1 Å². The molecule has 1 N–H and O–H groups in total. The van der Waals surface area contributed by atoms with Gasteiger partial charge in [0.1, 0.15) is 11.4 Å². The highest BCUT2D eigenvalue weighted by atomic mass is 35.5. The first-order valence-electron chi connectivity index (χ1n) is 11.6. The molecule has 4 heterocycles. The lowest BCUT2D eigenvalue weighted by Gasteiger charge is -2.45. The maximum absolute atomic E-state index is 13.8. The van der Waals surface area contributed by atoms with Crippen LogP contribution in [0.5, 0.6) is 0 Å². The summed E-state index contributed by atoms with van der Waals surface area (Å²) in [5, 5.41) is 3.65. The van der Waals surface area contributed by atoms with Crippen LogP contribution < -0.4 is 10.2 Å². The van der Waals surface area contributed by atoms with Gasteiger partial charge in [-0.3, -0.25) is 4.90 Å². The van der Waals surface area contributed by atoms with Crippen molar-refractivity contribution >= 4 is 40.7 Å². The highest BCUT2D eigenvalue weighted by Gasteiger charge is 2.42. The largest absolute Gasteiger partial charge is 0.421 e. The lowest BCUT2D eigenvalue weighted by Crippen LogP contribution is -2.55. The zero-order valence-electron chi connectivity index (χ0n) is 18.8. The van der Waals surface area contributed by atoms with Gasteiger partial charge in [-0.05, 0) is 50.9 Å². The second kappa shape index (κ2) is 9.33. The Labute approximate surface area is 207 Å². The maximum atomic E-state index is 13.8. The number of anilines is 3. The average Bonchev–Trinajstić information content (AvgIpc) is 3.00. The third kappa shape index (κ3) is 4.80. The molecule has 1 aromatic heterocycles. The molecule has 34 heavy (non-hydrogen) atoms. The van der Waals surface area contributed by atoms with Gasteiger partial charge >= 0.3 is 6.18 Å². The summed E-state index contributed by atoms with van der Waals surface area (Å²) in [6, 6.07) is 6.63. The number of piperazine rings is 1. The Bertz CT molecular complexity index is 1030. The van der Waals surface area contributed by atoms with Crippen LogP contribution in [0.25, 0.3) is 0 Å². The van der Waals surface area contributed by atoms with Crippen LogP contribution in [0.15, 0.2) is 24.4 Å². The number of halogens is 5. The van der Waals surface area contributed by atoms with Crippen LogP contribution in [0.4, 0.5) is 30.6 Å². The normalized spacial score (nSPS) is 26.2. The fourth-order valence-electron chi connectivity index (χ4n) is 5.56. The molecule has 2 aromatic rings. The first-order valence-corrected chi connectivity index (χ1v) is 12.3. The predicted molar refractivity (Wildman–Crippen MR) is 128 cm³/mol. The van der Waals surface area contributed by atoms with E-state index in [1.165, 1.54) is 12.8 Å². The average molecular weight is 515 g/mol. The molecule has 0 saturated carbocycles. The molecule has 5 rings (SSSR count). The third-order valence-electron chi connectivity index (χ3n) is 7.45. The van der Waals surface area contributed by atoms with E-state index in [1.807, 2.05) is 0 Å². The van der Waals surface area contributed by atoms with Gasteiger partial charge in [0.25, 0.3) is 0 Å². The number of nitrogens with one attached hydrogen (secondary N) is 1. The Morgan fingerprint density at radius 2 is 1.65 bits per heavy atom. The van der Waals surface area contributed by atoms with Crippen molar-refractivity contribution in [2.24, 2.45) is 0 Å². The zero-order chi connectivity index (χ0) is 24.0. The molecule has 0 aliphatic carbocycles. The van der Waals surface area contributed by atoms with E-state index in [2.05, 4.69) is 32.1 Å². The highest BCUT2D eigenvalue weighted by molar-refractivity contribution is 6.42. The van der Waals surface area contributed by atoms with Gasteiger partial charge < -0.3 is 15.1 Å². The quantitative estimate of drug-likeness (QED) is 0.597. The van der Waals surface area contributed by atoms with Gasteiger partial charge in [-0.1, -0.05) is 23.2 Å². The predicted octanol–water partition coefficient (Wildman–Crippen LogP) is 5.29. The first kappa shape index (κ1) is 23.9. The molecule has 3 aliphatic heterocycles. The standard InChI is InChI=1S/C23H27Cl2F3N6/c1-32-15-3-4-16(32)12-17(11-15)33-6-8-34(9-7-33)21-18(23(26,27)28)13-29-22(31-21)30-14-2-5-19(24)20(25)10-14/h2,5,10,13,15-17H,3-4,6-9,11-12H2,1H3,(H,29,30,31). The van der Waals surface area contributed by atoms with Gasteiger partial charge in [0.15, 0.2) is 0 Å². The molecule has 184 valence electrons. The summed E-state index contributed by atoms with van der Waals surface area (Å²) < 4.78 is 41.3. The van der Waals surface area contributed by atoms with Gasteiger partial charge in [-0.25, -0.2) is 4.98 Å². The molecule has 6 nitrogen and oxygen atoms in total. The summed E-state index contributed by atoms with van der Waals surface area (Å²) in [6.07, 6.45) is 1.10. The molecule has 2 unspecified atom stereocenters. The number of nitrogens with zero attached hydrogens (tertiary/aromatic N) is 5. The first-order chi connectivity index (χ1) is 16.2. The second-order valence-electron chi connectivity index (χ2n) is 9.38. The second-order valence-corrected chi connectivity index (χ2v) is 10.2. The topological polar surface area (TPSA) is 47.5 Å². The van der Waals surface area contributed by atoms with E-state index in [-0.39, 0.29) is 11.8 Å². The summed E-state index contributed by atoms with van der Waals surface area (Å²) in [5.74, 6) is -0.0103. The number of aromatic nitrogens is 2. The number of hydrogen-bond donors (Lipinski definition) is 1. The molecule has 0 radical (unpaired) electrons. The van der Waals surface area contributed by atoms with Crippen LogP contribution in [-0.4, -0.2) is 71.1 Å². The van der Waals surface area contributed by atoms with Crippen LogP contribution >= 0.6 is 23.2 Å². The van der Waals surface area contributed by atoms with Crippen molar-refractivity contribution < 1.29 is 13.2 Å². The molecule has 2 bridgehead atoms. The fraction of sp³-hybridized carbons (Fsp3) is 0.565. The van der Waals surface area contributed by atoms with E-state index in [4.69, 9.17) is 23.2 Å². The van der Waals surface area contributed by atoms with Crippen molar-refractivity contribution in [1.29, 1.82) is 0 Å². The Hall–Kier alpha value is -1.81. The number of rotatable bonds is 4. The maximum Gasteiger partial charge on any atom is 0.421 e. The lowest BCUT2D eigenvalue weighted by atomic mass is 9.96. The number of hydrogen-bond acceptors (Lipinski definition) is 6. The van der Waals surface area contributed by atoms with Crippen molar-refractivity contribution in [2.75, 3.05) is 43.4 Å². The minimum atomic E-state index is -4.54. The Balaban J connectivity index is 1.32. The molecule has 0 amide bonds. The summed E-state index contributed by atoms with van der Waals surface area (Å²) in [7, 11) is 2.22. The van der Waals surface area contributed by atoms with Crippen LogP contribution in [0, 0.1) is 0 Å². The van der Waals surface area contributed by atoms with E-state index < -0.39 is 11.7 Å². The summed E-state index contributed by atoms with van der Waals surface area (Å²) >= 11 is 12.0. The van der Waals surface area contributed by atoms with E-state index in [9.17, 15) is 13.2 Å². The molecule has 1 aromatic carbocycles. The molecule has 11 heteroatoms. The van der Waals surface area contributed by atoms with Crippen LogP contribution in [-0.2, 0) is 6.18 Å². The van der Waals surface area contributed by atoms with Crippen LogP contribution in [0.2, 0.25) is 10.0 Å². The molecule has 2 atom stereocenters. The number of benzene rings is 1. The summed E-state index contributed by atoms with van der Waals surface area (Å²) in [6.45, 7) is 2.44. The smallest absolute Gasteiger partial charge is 0.353 e. The van der Waals surface area contributed by atoms with Gasteiger partial charge in [-0.15, -0.1) is 0 Å². The van der Waals surface area contributed by atoms with Crippen molar-refractivity contribution in [3.63, 3.8) is 0 Å². The minimum Gasteiger partial charge on any atom is -0.353 e. The molecule has 3 saturated heterocycles. The van der Waals surface area contributed by atoms with Crippen LogP contribution in [0.3, 0.4) is 0 Å². The molecular formula is C23H27Cl2F3N6. The minimum absolute atomic E-state index is 0.0794. The van der Waals surface area contributed by atoms with Crippen molar-refractivity contribution in [3.8, 4) is 0 Å². The number of piperidine rings is 1. The SMILES string of the molecule is CN1C2CCC1CC(N1CCN(c3nc(Nc4ccc(Cl)c(Cl)c4)ncc3C(F)(F)F)CC1)C2. The Kier molecular flexibility index (Phi) is 6.56. The van der Waals surface area contributed by atoms with E-state index >= 15 is 0 Å². The van der Waals surface area contributed by atoms with Crippen molar-refractivity contribution in [1.82, 2.24) is 19.8 Å².